The minimum atomic E-state index is -0.241. The fraction of sp³-hybridized carbons (Fsp3) is 0.375. The van der Waals surface area contributed by atoms with Gasteiger partial charge in [-0.2, -0.15) is 0 Å². The van der Waals surface area contributed by atoms with Crippen molar-refractivity contribution in [2.45, 2.75) is 31.8 Å². The number of fused-ring (bicyclic) bond motifs is 1. The zero-order valence-corrected chi connectivity index (χ0v) is 12.3. The van der Waals surface area contributed by atoms with E-state index in [-0.39, 0.29) is 5.82 Å². The van der Waals surface area contributed by atoms with Crippen molar-refractivity contribution < 1.29 is 4.39 Å². The molecule has 2 aromatic rings. The van der Waals surface area contributed by atoms with Crippen LogP contribution in [0.1, 0.15) is 35.6 Å². The van der Waals surface area contributed by atoms with Gasteiger partial charge in [0, 0.05) is 29.0 Å². The lowest BCUT2D eigenvalue weighted by molar-refractivity contribution is 0.498. The smallest absolute Gasteiger partial charge is 0.129 e. The Balaban J connectivity index is 1.91. The minimum Gasteiger partial charge on any atom is -0.349 e. The number of hydrogen-bond donors (Lipinski definition) is 1. The number of halogens is 2. The third kappa shape index (κ3) is 2.48. The first-order chi connectivity index (χ1) is 9.69. The van der Waals surface area contributed by atoms with Gasteiger partial charge < -0.3 is 9.88 Å². The van der Waals surface area contributed by atoms with E-state index in [0.717, 1.165) is 12.8 Å². The summed E-state index contributed by atoms with van der Waals surface area (Å²) in [6.07, 6.45) is 7.71. The molecule has 0 aliphatic heterocycles. The zero-order chi connectivity index (χ0) is 14.1. The van der Waals surface area contributed by atoms with Gasteiger partial charge in [-0.3, -0.25) is 0 Å². The Morgan fingerprint density at radius 1 is 1.40 bits per heavy atom. The monoisotopic (exact) mass is 292 g/mol. The largest absolute Gasteiger partial charge is 0.349 e. The quantitative estimate of drug-likeness (QED) is 0.907. The highest BCUT2D eigenvalue weighted by Gasteiger charge is 2.21. The van der Waals surface area contributed by atoms with Gasteiger partial charge in [0.05, 0.1) is 6.54 Å². The van der Waals surface area contributed by atoms with Crippen molar-refractivity contribution in [3.63, 3.8) is 0 Å². The van der Waals surface area contributed by atoms with E-state index >= 15 is 0 Å². The Morgan fingerprint density at radius 2 is 2.25 bits per heavy atom. The molecule has 1 unspecified atom stereocenters. The van der Waals surface area contributed by atoms with Gasteiger partial charge in [0.25, 0.3) is 0 Å². The van der Waals surface area contributed by atoms with Crippen LogP contribution in [0.15, 0.2) is 30.6 Å². The number of hydrogen-bond acceptors (Lipinski definition) is 1. The van der Waals surface area contributed by atoms with Gasteiger partial charge in [-0.05, 0) is 49.6 Å². The summed E-state index contributed by atoms with van der Waals surface area (Å²) in [7, 11) is 1.99. The second-order valence-corrected chi connectivity index (χ2v) is 5.75. The molecule has 106 valence electrons. The molecule has 0 spiro atoms. The summed E-state index contributed by atoms with van der Waals surface area (Å²) < 4.78 is 15.9. The van der Waals surface area contributed by atoms with Crippen LogP contribution in [0.3, 0.4) is 0 Å². The van der Waals surface area contributed by atoms with Crippen molar-refractivity contribution in [3.8, 4) is 0 Å². The maximum atomic E-state index is 13.9. The molecular weight excluding hydrogens is 275 g/mol. The molecule has 1 aromatic heterocycles. The number of rotatable bonds is 3. The van der Waals surface area contributed by atoms with Crippen LogP contribution < -0.4 is 5.32 Å². The van der Waals surface area contributed by atoms with E-state index in [2.05, 4.69) is 17.7 Å². The van der Waals surface area contributed by atoms with Crippen LogP contribution in [-0.2, 0) is 13.0 Å². The normalized spacial score (nSPS) is 18.1. The topological polar surface area (TPSA) is 17.0 Å². The van der Waals surface area contributed by atoms with E-state index < -0.39 is 0 Å². The van der Waals surface area contributed by atoms with E-state index in [1.165, 1.54) is 23.6 Å². The van der Waals surface area contributed by atoms with Crippen molar-refractivity contribution >= 4 is 11.6 Å². The maximum absolute atomic E-state index is 13.9. The Morgan fingerprint density at radius 3 is 3.00 bits per heavy atom. The highest BCUT2D eigenvalue weighted by atomic mass is 35.5. The summed E-state index contributed by atoms with van der Waals surface area (Å²) in [6, 6.07) is 5.25. The average Bonchev–Trinajstić information content (AvgIpc) is 2.85. The van der Waals surface area contributed by atoms with E-state index in [1.807, 2.05) is 11.6 Å². The summed E-state index contributed by atoms with van der Waals surface area (Å²) in [6.45, 7) is 0.481. The van der Waals surface area contributed by atoms with E-state index in [4.69, 9.17) is 11.6 Å². The standard InChI is InChI=1S/C16H18ClFN2/c1-19-16-7-2-4-11-8-20(9-12(11)16)10-13-14(17)5-3-6-15(13)18/h3,5-6,8-9,16,19H,2,4,7,10H2,1H3. The molecule has 3 rings (SSSR count). The van der Waals surface area contributed by atoms with E-state index in [0.29, 0.717) is 23.2 Å². The Kier molecular flexibility index (Phi) is 3.81. The van der Waals surface area contributed by atoms with Gasteiger partial charge in [-0.25, -0.2) is 4.39 Å². The second-order valence-electron chi connectivity index (χ2n) is 5.34. The number of nitrogens with one attached hydrogen (secondary N) is 1. The highest BCUT2D eigenvalue weighted by molar-refractivity contribution is 6.31. The molecule has 1 atom stereocenters. The molecule has 1 aromatic carbocycles. The molecule has 0 saturated carbocycles. The summed E-state index contributed by atoms with van der Waals surface area (Å²) in [5.41, 5.74) is 3.26. The second kappa shape index (κ2) is 5.58. The van der Waals surface area contributed by atoms with Gasteiger partial charge in [-0.1, -0.05) is 17.7 Å². The lowest BCUT2D eigenvalue weighted by atomic mass is 9.91. The van der Waals surface area contributed by atoms with Crippen LogP contribution in [-0.4, -0.2) is 11.6 Å². The molecule has 1 aliphatic carbocycles. The van der Waals surface area contributed by atoms with Crippen molar-refractivity contribution in [3.05, 3.63) is 58.1 Å². The molecule has 1 heterocycles. The molecule has 0 fully saturated rings. The summed E-state index contributed by atoms with van der Waals surface area (Å²) in [5, 5.41) is 3.83. The van der Waals surface area contributed by atoms with Crippen LogP contribution in [0.2, 0.25) is 5.02 Å². The van der Waals surface area contributed by atoms with Crippen molar-refractivity contribution in [2.75, 3.05) is 7.05 Å². The van der Waals surface area contributed by atoms with Gasteiger partial charge >= 0.3 is 0 Å². The molecule has 0 saturated heterocycles. The molecule has 2 nitrogen and oxygen atoms in total. The van der Waals surface area contributed by atoms with Crippen LogP contribution >= 0.6 is 11.6 Å². The van der Waals surface area contributed by atoms with Crippen molar-refractivity contribution in [1.82, 2.24) is 9.88 Å². The van der Waals surface area contributed by atoms with Gasteiger partial charge in [0.15, 0.2) is 0 Å². The fourth-order valence-electron chi connectivity index (χ4n) is 3.01. The van der Waals surface area contributed by atoms with Crippen LogP contribution in [0.25, 0.3) is 0 Å². The molecule has 20 heavy (non-hydrogen) atoms. The number of aryl methyl sites for hydroxylation is 1. The lowest BCUT2D eigenvalue weighted by Crippen LogP contribution is -2.20. The predicted octanol–water partition coefficient (Wildman–Crippen LogP) is 3.93. The summed E-state index contributed by atoms with van der Waals surface area (Å²) in [4.78, 5) is 0. The number of aromatic nitrogens is 1. The Labute approximate surface area is 123 Å². The van der Waals surface area contributed by atoms with Crippen LogP contribution in [0, 0.1) is 5.82 Å². The first-order valence-corrected chi connectivity index (χ1v) is 7.35. The highest BCUT2D eigenvalue weighted by Crippen LogP contribution is 2.31. The van der Waals surface area contributed by atoms with Crippen LogP contribution in [0.5, 0.6) is 0 Å². The molecule has 4 heteroatoms. The first-order valence-electron chi connectivity index (χ1n) is 6.97. The Hall–Kier alpha value is -1.32. The molecular formula is C16H18ClFN2. The summed E-state index contributed by atoms with van der Waals surface area (Å²) in [5.74, 6) is -0.241. The van der Waals surface area contributed by atoms with Gasteiger partial charge in [-0.15, -0.1) is 0 Å². The molecule has 0 bridgehead atoms. The molecule has 0 radical (unpaired) electrons. The number of benzene rings is 1. The third-order valence-electron chi connectivity index (χ3n) is 4.06. The Bertz CT molecular complexity index is 601. The van der Waals surface area contributed by atoms with Crippen molar-refractivity contribution in [1.29, 1.82) is 0 Å². The molecule has 1 N–H and O–H groups in total. The average molecular weight is 293 g/mol. The van der Waals surface area contributed by atoms with Gasteiger partial charge in [0.2, 0.25) is 0 Å². The lowest BCUT2D eigenvalue weighted by Gasteiger charge is -2.21. The summed E-state index contributed by atoms with van der Waals surface area (Å²) >= 11 is 6.10. The fourth-order valence-corrected chi connectivity index (χ4v) is 3.23. The predicted molar refractivity (Wildman–Crippen MR) is 79.7 cm³/mol. The van der Waals surface area contributed by atoms with Crippen molar-refractivity contribution in [2.24, 2.45) is 0 Å². The SMILES string of the molecule is CNC1CCCc2cn(Cc3c(F)cccc3Cl)cc21. The number of nitrogens with zero attached hydrogens (tertiary/aromatic N) is 1. The maximum Gasteiger partial charge on any atom is 0.129 e. The zero-order valence-electron chi connectivity index (χ0n) is 11.5. The van der Waals surface area contributed by atoms with E-state index in [9.17, 15) is 4.39 Å². The van der Waals surface area contributed by atoms with Gasteiger partial charge in [0.1, 0.15) is 5.82 Å². The van der Waals surface area contributed by atoms with E-state index in [1.54, 1.807) is 12.1 Å². The van der Waals surface area contributed by atoms with Crippen LogP contribution in [0.4, 0.5) is 4.39 Å². The third-order valence-corrected chi connectivity index (χ3v) is 4.42. The molecule has 0 amide bonds. The molecule has 1 aliphatic rings. The first kappa shape index (κ1) is 13.7. The minimum absolute atomic E-state index is 0.241.